The molecule has 0 aliphatic carbocycles. The fourth-order valence-corrected chi connectivity index (χ4v) is 3.30. The number of carbonyl (C=O) groups is 1. The Morgan fingerprint density at radius 3 is 3.05 bits per heavy atom. The molecule has 0 radical (unpaired) electrons. The second-order valence-corrected chi connectivity index (χ2v) is 6.32. The number of aryl methyl sites for hydroxylation is 1. The number of amides is 1. The quantitative estimate of drug-likeness (QED) is 0.948. The molecule has 2 aromatic heterocycles. The van der Waals surface area contributed by atoms with Crippen molar-refractivity contribution < 1.29 is 4.79 Å². The smallest absolute Gasteiger partial charge is 0.261 e. The molecule has 4 nitrogen and oxygen atoms in total. The molecule has 0 unspecified atom stereocenters. The number of thiophene rings is 1. The minimum atomic E-state index is 0.0362. The molecule has 21 heavy (non-hydrogen) atoms. The zero-order valence-corrected chi connectivity index (χ0v) is 12.9. The van der Waals surface area contributed by atoms with Crippen molar-refractivity contribution in [2.24, 2.45) is 0 Å². The van der Waals surface area contributed by atoms with E-state index in [1.165, 1.54) is 11.3 Å². The number of rotatable bonds is 3. The van der Waals surface area contributed by atoms with Crippen LogP contribution < -0.4 is 10.2 Å². The van der Waals surface area contributed by atoms with Crippen LogP contribution in [0.2, 0.25) is 0 Å². The summed E-state index contributed by atoms with van der Waals surface area (Å²) in [7, 11) is 0. The predicted octanol–water partition coefficient (Wildman–Crippen LogP) is 2.85. The van der Waals surface area contributed by atoms with Gasteiger partial charge in [0.2, 0.25) is 0 Å². The van der Waals surface area contributed by atoms with Crippen molar-refractivity contribution in [2.75, 3.05) is 18.0 Å². The Morgan fingerprint density at radius 2 is 2.29 bits per heavy atom. The highest BCUT2D eigenvalue weighted by molar-refractivity contribution is 7.12. The number of pyridine rings is 1. The van der Waals surface area contributed by atoms with Crippen LogP contribution in [0.25, 0.3) is 0 Å². The number of nitrogens with zero attached hydrogens (tertiary/aromatic N) is 2. The van der Waals surface area contributed by atoms with Crippen LogP contribution in [0.3, 0.4) is 0 Å². The molecular weight excluding hydrogens is 282 g/mol. The number of piperidine rings is 1. The van der Waals surface area contributed by atoms with Crippen molar-refractivity contribution in [1.29, 1.82) is 0 Å². The van der Waals surface area contributed by atoms with Gasteiger partial charge in [-0.05, 0) is 43.3 Å². The number of hydrogen-bond acceptors (Lipinski definition) is 4. The van der Waals surface area contributed by atoms with Crippen LogP contribution in [0.4, 0.5) is 5.82 Å². The van der Waals surface area contributed by atoms with E-state index in [1.807, 2.05) is 42.6 Å². The number of anilines is 1. The molecule has 0 saturated carbocycles. The second kappa shape index (κ2) is 6.26. The van der Waals surface area contributed by atoms with Crippen molar-refractivity contribution >= 4 is 23.1 Å². The van der Waals surface area contributed by atoms with Crippen molar-refractivity contribution in [2.45, 2.75) is 25.8 Å². The van der Waals surface area contributed by atoms with E-state index < -0.39 is 0 Å². The van der Waals surface area contributed by atoms with E-state index in [1.54, 1.807) is 0 Å². The van der Waals surface area contributed by atoms with E-state index in [0.717, 1.165) is 42.3 Å². The highest BCUT2D eigenvalue weighted by Crippen LogP contribution is 2.19. The van der Waals surface area contributed by atoms with Gasteiger partial charge in [-0.3, -0.25) is 4.79 Å². The van der Waals surface area contributed by atoms with Gasteiger partial charge >= 0.3 is 0 Å². The van der Waals surface area contributed by atoms with Crippen LogP contribution in [0, 0.1) is 6.92 Å². The van der Waals surface area contributed by atoms with E-state index in [4.69, 9.17) is 0 Å². The second-order valence-electron chi connectivity index (χ2n) is 5.37. The van der Waals surface area contributed by atoms with Crippen molar-refractivity contribution in [3.05, 3.63) is 46.3 Å². The molecule has 3 rings (SSSR count). The monoisotopic (exact) mass is 301 g/mol. The number of nitrogens with one attached hydrogen (secondary N) is 1. The summed E-state index contributed by atoms with van der Waals surface area (Å²) in [6.45, 7) is 3.83. The molecule has 1 aliphatic heterocycles. The summed E-state index contributed by atoms with van der Waals surface area (Å²) < 4.78 is 0. The third kappa shape index (κ3) is 3.42. The topological polar surface area (TPSA) is 45.2 Å². The molecule has 2 aromatic rings. The average molecular weight is 301 g/mol. The van der Waals surface area contributed by atoms with Gasteiger partial charge in [-0.25, -0.2) is 4.98 Å². The van der Waals surface area contributed by atoms with Gasteiger partial charge in [-0.2, -0.15) is 0 Å². The SMILES string of the molecule is Cc1cccc(N2CCC[C@@H](NC(=O)c3cccs3)C2)n1. The molecule has 3 heterocycles. The normalized spacial score (nSPS) is 18.5. The van der Waals surface area contributed by atoms with Gasteiger partial charge in [0, 0.05) is 24.8 Å². The Balaban J connectivity index is 1.64. The lowest BCUT2D eigenvalue weighted by atomic mass is 10.1. The maximum Gasteiger partial charge on any atom is 0.261 e. The summed E-state index contributed by atoms with van der Waals surface area (Å²) in [6.07, 6.45) is 2.10. The third-order valence-corrected chi connectivity index (χ3v) is 4.57. The number of aromatic nitrogens is 1. The summed E-state index contributed by atoms with van der Waals surface area (Å²) in [5.41, 5.74) is 1.03. The standard InChI is InChI=1S/C16H19N3OS/c1-12-5-2-8-15(17-12)19-9-3-6-13(11-19)18-16(20)14-7-4-10-21-14/h2,4-5,7-8,10,13H,3,6,9,11H2,1H3,(H,18,20)/t13-/m1/s1. The summed E-state index contributed by atoms with van der Waals surface area (Å²) in [5.74, 6) is 1.04. The molecular formula is C16H19N3OS. The Morgan fingerprint density at radius 1 is 1.38 bits per heavy atom. The maximum absolute atomic E-state index is 12.1. The van der Waals surface area contributed by atoms with Crippen LogP contribution in [0.15, 0.2) is 35.7 Å². The average Bonchev–Trinajstić information content (AvgIpc) is 3.02. The third-order valence-electron chi connectivity index (χ3n) is 3.70. The summed E-state index contributed by atoms with van der Waals surface area (Å²) >= 11 is 1.48. The Labute approximate surface area is 128 Å². The molecule has 1 amide bonds. The largest absolute Gasteiger partial charge is 0.355 e. The van der Waals surface area contributed by atoms with Crippen molar-refractivity contribution in [1.82, 2.24) is 10.3 Å². The van der Waals surface area contributed by atoms with Crippen molar-refractivity contribution in [3.63, 3.8) is 0 Å². The van der Waals surface area contributed by atoms with Crippen LogP contribution in [0.5, 0.6) is 0 Å². The van der Waals surface area contributed by atoms with Crippen LogP contribution >= 0.6 is 11.3 Å². The molecule has 1 aliphatic rings. The van der Waals surface area contributed by atoms with Gasteiger partial charge in [0.25, 0.3) is 5.91 Å². The molecule has 0 bridgehead atoms. The zero-order chi connectivity index (χ0) is 14.7. The van der Waals surface area contributed by atoms with Crippen molar-refractivity contribution in [3.8, 4) is 0 Å². The molecule has 110 valence electrons. The summed E-state index contributed by atoms with van der Waals surface area (Å²) in [5, 5.41) is 5.07. The van der Waals surface area contributed by atoms with Gasteiger partial charge in [-0.1, -0.05) is 12.1 Å². The fourth-order valence-electron chi connectivity index (χ4n) is 2.67. The minimum absolute atomic E-state index is 0.0362. The molecule has 1 saturated heterocycles. The molecule has 1 fully saturated rings. The molecule has 1 atom stereocenters. The number of hydrogen-bond donors (Lipinski definition) is 1. The van der Waals surface area contributed by atoms with E-state index in [-0.39, 0.29) is 11.9 Å². The lowest BCUT2D eigenvalue weighted by Crippen LogP contribution is -2.48. The van der Waals surface area contributed by atoms with E-state index in [0.29, 0.717) is 0 Å². The lowest BCUT2D eigenvalue weighted by Gasteiger charge is -2.34. The van der Waals surface area contributed by atoms with Crippen LogP contribution in [-0.2, 0) is 0 Å². The Hall–Kier alpha value is -1.88. The van der Waals surface area contributed by atoms with Gasteiger partial charge < -0.3 is 10.2 Å². The zero-order valence-electron chi connectivity index (χ0n) is 12.1. The fraction of sp³-hybridized carbons (Fsp3) is 0.375. The molecule has 0 aromatic carbocycles. The molecule has 1 N–H and O–H groups in total. The van der Waals surface area contributed by atoms with Crippen LogP contribution in [-0.4, -0.2) is 30.0 Å². The van der Waals surface area contributed by atoms with Gasteiger partial charge in [0.1, 0.15) is 5.82 Å². The molecule has 5 heteroatoms. The first-order chi connectivity index (χ1) is 10.2. The van der Waals surface area contributed by atoms with Gasteiger partial charge in [0.15, 0.2) is 0 Å². The highest BCUT2D eigenvalue weighted by atomic mass is 32.1. The predicted molar refractivity (Wildman–Crippen MR) is 86.0 cm³/mol. The maximum atomic E-state index is 12.1. The van der Waals surface area contributed by atoms with Gasteiger partial charge in [-0.15, -0.1) is 11.3 Å². The Kier molecular flexibility index (Phi) is 4.20. The first kappa shape index (κ1) is 14.1. The first-order valence-electron chi connectivity index (χ1n) is 7.25. The summed E-state index contributed by atoms with van der Waals surface area (Å²) in [6, 6.07) is 10.0. The summed E-state index contributed by atoms with van der Waals surface area (Å²) in [4.78, 5) is 19.8. The highest BCUT2D eigenvalue weighted by Gasteiger charge is 2.23. The van der Waals surface area contributed by atoms with E-state index in [2.05, 4.69) is 15.2 Å². The van der Waals surface area contributed by atoms with E-state index >= 15 is 0 Å². The Bertz CT molecular complexity index is 612. The minimum Gasteiger partial charge on any atom is -0.355 e. The van der Waals surface area contributed by atoms with Gasteiger partial charge in [0.05, 0.1) is 4.88 Å². The lowest BCUT2D eigenvalue weighted by molar-refractivity contribution is 0.0937. The number of carbonyl (C=O) groups excluding carboxylic acids is 1. The molecule has 0 spiro atoms. The van der Waals surface area contributed by atoms with Crippen LogP contribution in [0.1, 0.15) is 28.2 Å². The first-order valence-corrected chi connectivity index (χ1v) is 8.13. The van der Waals surface area contributed by atoms with E-state index in [9.17, 15) is 4.79 Å².